The van der Waals surface area contributed by atoms with Gasteiger partial charge in [-0.3, -0.25) is 9.59 Å². The lowest BCUT2D eigenvalue weighted by atomic mass is 10.1. The third kappa shape index (κ3) is 6.78. The normalized spacial score (nSPS) is 10.9. The number of phenolic OH excluding ortho intramolecular Hbond substituents is 1. The van der Waals surface area contributed by atoms with E-state index in [1.165, 1.54) is 0 Å². The van der Waals surface area contributed by atoms with Gasteiger partial charge in [-0.2, -0.15) is 0 Å². The van der Waals surface area contributed by atoms with Gasteiger partial charge in [0, 0.05) is 6.42 Å². The number of aromatic hydroxyl groups is 1. The molecule has 20 heavy (non-hydrogen) atoms. The molecule has 1 aromatic rings. The molecule has 0 heterocycles. The first-order valence-corrected chi connectivity index (χ1v) is 6.53. The average molecular weight is 279 g/mol. The lowest BCUT2D eigenvalue weighted by Gasteiger charge is -2.19. The standard InChI is InChI=1S/C15H21NO4/c1-15(2,3)20-14(19)10-16-13(18)9-6-11-4-7-12(17)8-5-11/h4-5,7-8,17H,6,9-10H2,1-3H3,(H,16,18). The third-order valence-corrected chi connectivity index (χ3v) is 2.43. The summed E-state index contributed by atoms with van der Waals surface area (Å²) in [5, 5.41) is 11.7. The lowest BCUT2D eigenvalue weighted by molar-refractivity contribution is -0.154. The maximum Gasteiger partial charge on any atom is 0.325 e. The van der Waals surface area contributed by atoms with Crippen LogP contribution in [0.15, 0.2) is 24.3 Å². The van der Waals surface area contributed by atoms with E-state index in [1.54, 1.807) is 45.0 Å². The van der Waals surface area contributed by atoms with E-state index in [2.05, 4.69) is 5.32 Å². The predicted molar refractivity (Wildman–Crippen MR) is 75.3 cm³/mol. The van der Waals surface area contributed by atoms with Crippen molar-refractivity contribution in [3.63, 3.8) is 0 Å². The summed E-state index contributed by atoms with van der Waals surface area (Å²) in [5.41, 5.74) is 0.406. The molecule has 1 rings (SSSR count). The summed E-state index contributed by atoms with van der Waals surface area (Å²) in [7, 11) is 0. The van der Waals surface area contributed by atoms with Crippen LogP contribution in [0.3, 0.4) is 0 Å². The fraction of sp³-hybridized carbons (Fsp3) is 0.467. The van der Waals surface area contributed by atoms with Gasteiger partial charge in [0.25, 0.3) is 0 Å². The van der Waals surface area contributed by atoms with Crippen LogP contribution < -0.4 is 5.32 Å². The zero-order valence-electron chi connectivity index (χ0n) is 12.1. The first kappa shape index (κ1) is 16.0. The second-order valence-electron chi connectivity index (χ2n) is 5.53. The summed E-state index contributed by atoms with van der Waals surface area (Å²) in [5.74, 6) is -0.456. The number of nitrogens with one attached hydrogen (secondary N) is 1. The van der Waals surface area contributed by atoms with E-state index in [4.69, 9.17) is 9.84 Å². The molecule has 0 bridgehead atoms. The van der Waals surface area contributed by atoms with Gasteiger partial charge in [-0.25, -0.2) is 0 Å². The first-order chi connectivity index (χ1) is 9.26. The molecule has 5 heteroatoms. The van der Waals surface area contributed by atoms with E-state index < -0.39 is 11.6 Å². The molecule has 2 N–H and O–H groups in total. The molecular weight excluding hydrogens is 258 g/mol. The van der Waals surface area contributed by atoms with Crippen LogP contribution >= 0.6 is 0 Å². The van der Waals surface area contributed by atoms with Gasteiger partial charge in [0.2, 0.25) is 5.91 Å². The van der Waals surface area contributed by atoms with Crippen LogP contribution in [0.4, 0.5) is 0 Å². The number of esters is 1. The Morgan fingerprint density at radius 2 is 1.80 bits per heavy atom. The minimum atomic E-state index is -0.548. The summed E-state index contributed by atoms with van der Waals surface area (Å²) in [4.78, 5) is 23.0. The minimum Gasteiger partial charge on any atom is -0.508 e. The number of carbonyl (C=O) groups excluding carboxylic acids is 2. The van der Waals surface area contributed by atoms with Gasteiger partial charge < -0.3 is 15.2 Å². The van der Waals surface area contributed by atoms with Crippen molar-refractivity contribution in [1.82, 2.24) is 5.32 Å². The number of amides is 1. The average Bonchev–Trinajstić information content (AvgIpc) is 2.33. The van der Waals surface area contributed by atoms with Crippen molar-refractivity contribution in [3.05, 3.63) is 29.8 Å². The SMILES string of the molecule is CC(C)(C)OC(=O)CNC(=O)CCc1ccc(O)cc1. The Kier molecular flexibility index (Phi) is 5.55. The Labute approximate surface area is 118 Å². The van der Waals surface area contributed by atoms with E-state index in [1.807, 2.05) is 0 Å². The summed E-state index contributed by atoms with van der Waals surface area (Å²) in [6, 6.07) is 6.68. The van der Waals surface area contributed by atoms with Crippen molar-refractivity contribution in [2.45, 2.75) is 39.2 Å². The summed E-state index contributed by atoms with van der Waals surface area (Å²) < 4.78 is 5.08. The molecule has 0 radical (unpaired) electrons. The molecule has 1 aromatic carbocycles. The Morgan fingerprint density at radius 3 is 2.35 bits per heavy atom. The van der Waals surface area contributed by atoms with Crippen molar-refractivity contribution in [1.29, 1.82) is 0 Å². The zero-order valence-corrected chi connectivity index (χ0v) is 12.1. The van der Waals surface area contributed by atoms with Crippen molar-refractivity contribution in [3.8, 4) is 5.75 Å². The van der Waals surface area contributed by atoms with E-state index in [9.17, 15) is 9.59 Å². The molecule has 0 atom stereocenters. The Morgan fingerprint density at radius 1 is 1.20 bits per heavy atom. The molecule has 0 aromatic heterocycles. The zero-order chi connectivity index (χ0) is 15.2. The van der Waals surface area contributed by atoms with Gasteiger partial charge in [-0.1, -0.05) is 12.1 Å². The molecule has 0 aliphatic rings. The highest BCUT2D eigenvalue weighted by Crippen LogP contribution is 2.11. The monoisotopic (exact) mass is 279 g/mol. The number of phenols is 1. The number of aryl methyl sites for hydroxylation is 1. The van der Waals surface area contributed by atoms with Crippen LogP contribution in [-0.2, 0) is 20.7 Å². The van der Waals surface area contributed by atoms with Gasteiger partial charge in [-0.15, -0.1) is 0 Å². The van der Waals surface area contributed by atoms with Gasteiger partial charge in [0.05, 0.1) is 0 Å². The highest BCUT2D eigenvalue weighted by Gasteiger charge is 2.16. The molecule has 5 nitrogen and oxygen atoms in total. The number of hydrogen-bond acceptors (Lipinski definition) is 4. The minimum absolute atomic E-state index is 0.119. The second kappa shape index (κ2) is 6.93. The fourth-order valence-corrected chi connectivity index (χ4v) is 1.56. The Balaban J connectivity index is 2.27. The highest BCUT2D eigenvalue weighted by molar-refractivity contribution is 5.82. The number of carbonyl (C=O) groups is 2. The van der Waals surface area contributed by atoms with E-state index >= 15 is 0 Å². The Bertz CT molecular complexity index is 460. The molecule has 1 amide bonds. The number of hydrogen-bond donors (Lipinski definition) is 2. The molecule has 0 spiro atoms. The van der Waals surface area contributed by atoms with Gasteiger partial charge in [-0.05, 0) is 44.9 Å². The van der Waals surface area contributed by atoms with Gasteiger partial charge in [0.15, 0.2) is 0 Å². The van der Waals surface area contributed by atoms with Crippen LogP contribution in [0.1, 0.15) is 32.8 Å². The third-order valence-electron chi connectivity index (χ3n) is 2.43. The maximum absolute atomic E-state index is 11.6. The van der Waals surface area contributed by atoms with E-state index in [0.717, 1.165) is 5.56 Å². The smallest absolute Gasteiger partial charge is 0.325 e. The molecule has 0 saturated carbocycles. The molecular formula is C15H21NO4. The van der Waals surface area contributed by atoms with Gasteiger partial charge in [0.1, 0.15) is 17.9 Å². The molecule has 0 fully saturated rings. The van der Waals surface area contributed by atoms with Crippen molar-refractivity contribution in [2.75, 3.05) is 6.54 Å². The molecule has 0 aliphatic heterocycles. The molecule has 0 saturated heterocycles. The van der Waals surface area contributed by atoms with E-state index in [-0.39, 0.29) is 24.6 Å². The number of ether oxygens (including phenoxy) is 1. The first-order valence-electron chi connectivity index (χ1n) is 6.53. The predicted octanol–water partition coefficient (Wildman–Crippen LogP) is 1.78. The molecule has 110 valence electrons. The van der Waals surface area contributed by atoms with Crippen LogP contribution in [0, 0.1) is 0 Å². The Hall–Kier alpha value is -2.04. The van der Waals surface area contributed by atoms with E-state index in [0.29, 0.717) is 6.42 Å². The summed E-state index contributed by atoms with van der Waals surface area (Å²) in [6.07, 6.45) is 0.841. The number of rotatable bonds is 5. The molecule has 0 aliphatic carbocycles. The van der Waals surface area contributed by atoms with Gasteiger partial charge >= 0.3 is 5.97 Å². The van der Waals surface area contributed by atoms with Crippen molar-refractivity contribution >= 4 is 11.9 Å². The summed E-state index contributed by atoms with van der Waals surface area (Å²) >= 11 is 0. The largest absolute Gasteiger partial charge is 0.508 e. The van der Waals surface area contributed by atoms with Crippen LogP contribution in [0.2, 0.25) is 0 Å². The van der Waals surface area contributed by atoms with Crippen molar-refractivity contribution in [2.24, 2.45) is 0 Å². The van der Waals surface area contributed by atoms with Crippen LogP contribution in [0.25, 0.3) is 0 Å². The quantitative estimate of drug-likeness (QED) is 0.806. The fourth-order valence-electron chi connectivity index (χ4n) is 1.56. The second-order valence-corrected chi connectivity index (χ2v) is 5.53. The van der Waals surface area contributed by atoms with Crippen LogP contribution in [0.5, 0.6) is 5.75 Å². The topological polar surface area (TPSA) is 75.6 Å². The lowest BCUT2D eigenvalue weighted by Crippen LogP contribution is -2.34. The highest BCUT2D eigenvalue weighted by atomic mass is 16.6. The number of benzene rings is 1. The van der Waals surface area contributed by atoms with Crippen molar-refractivity contribution < 1.29 is 19.4 Å². The maximum atomic E-state index is 11.6. The summed E-state index contributed by atoms with van der Waals surface area (Å²) in [6.45, 7) is 5.21. The van der Waals surface area contributed by atoms with Crippen LogP contribution in [-0.4, -0.2) is 29.1 Å². The molecule has 0 unspecified atom stereocenters.